The van der Waals surface area contributed by atoms with Crippen molar-refractivity contribution in [1.29, 1.82) is 0 Å². The van der Waals surface area contributed by atoms with E-state index in [9.17, 15) is 0 Å². The third-order valence-corrected chi connectivity index (χ3v) is 17.9. The molecular weight excluding hydrogens is 1270 g/mol. The molecule has 0 saturated heterocycles. The Labute approximate surface area is 580 Å². The van der Waals surface area contributed by atoms with Crippen molar-refractivity contribution in [1.82, 2.24) is 44.9 Å². The summed E-state index contributed by atoms with van der Waals surface area (Å²) in [5.41, 5.74) is 26.2. The number of nitrogens with zero attached hydrogens (tertiary/aromatic N) is 9. The minimum Gasteiger partial charge on any atom is -0.436 e. The number of pyridine rings is 3. The molecule has 0 saturated carbocycles. The first-order chi connectivity index (χ1) is 50.4. The Morgan fingerprint density at radius 1 is 0.147 bits per heavy atom. The SMILES string of the molecule is c1cc(-c2cc(-c3cccc(-c4nc5ccccc5o4)c3)cc(-c3cccc(-c4nc5ccccc5o4)c3)c2)cc(-c2nc3ccccc3o2)c1.c1ccc2oc(-c3cncc(-c4cc(-c5cncc(-c6nc7ccccc7o6)c5)cc(-c5cncc(-c6nc7ccccc7o6)c5)c4)c3)nc2c1. The second-order valence-electron chi connectivity index (χ2n) is 24.6. The average Bonchev–Trinajstić information content (AvgIpc) is 1.35. The molecule has 0 aliphatic heterocycles. The fraction of sp³-hybridized carbons (Fsp3) is 0. The Morgan fingerprint density at radius 3 is 0.559 bits per heavy atom. The zero-order chi connectivity index (χ0) is 67.5. The Balaban J connectivity index is 0.000000141. The molecule has 0 atom stereocenters. The van der Waals surface area contributed by atoms with Crippen LogP contribution in [-0.4, -0.2) is 44.9 Å². The summed E-state index contributed by atoms with van der Waals surface area (Å²) in [6.07, 6.45) is 10.8. The highest BCUT2D eigenvalue weighted by molar-refractivity contribution is 5.89. The van der Waals surface area contributed by atoms with Gasteiger partial charge < -0.3 is 26.5 Å². The number of aromatic nitrogens is 9. The molecule has 9 aromatic heterocycles. The van der Waals surface area contributed by atoms with E-state index >= 15 is 0 Å². The number of hydrogen-bond donors (Lipinski definition) is 0. The van der Waals surface area contributed by atoms with Gasteiger partial charge in [0.2, 0.25) is 35.3 Å². The molecule has 20 rings (SSSR count). The highest BCUT2D eigenvalue weighted by Gasteiger charge is 2.20. The normalized spacial score (nSPS) is 11.5. The number of oxazole rings is 6. The molecule has 0 unspecified atom stereocenters. The van der Waals surface area contributed by atoms with Gasteiger partial charge >= 0.3 is 0 Å². The van der Waals surface area contributed by atoms with Crippen LogP contribution in [0.25, 0.3) is 202 Å². The molecule has 9 heterocycles. The van der Waals surface area contributed by atoms with Crippen LogP contribution in [0.3, 0.4) is 0 Å². The molecule has 0 fully saturated rings. The number of fused-ring (bicyclic) bond motifs is 6. The standard InChI is InChI=1S/C45H27N3O3.C42H24N6O3/c1-4-19-40-37(16-1)46-43(49-40)31-13-7-10-28(22-31)34-25-35(29-11-8-14-32(23-29)44-47-38-17-2-5-20-41(38)50-44)27-36(26-34)30-12-9-15-33(24-30)45-48-39-18-3-6-21-42(39)51-45;1-4-10-37-34(7-1)46-40(49-37)31-16-28(19-43-22-31)25-13-26(29-17-32(23-44-20-29)41-47-35-8-2-5-11-38(35)50-41)15-27(14-25)30-18-33(24-45-21-30)42-48-36-9-3-6-12-39(36)51-42/h1-27H;1-24H. The Hall–Kier alpha value is -14.3. The average molecular weight is 1320 g/mol. The van der Waals surface area contributed by atoms with Crippen molar-refractivity contribution in [3.63, 3.8) is 0 Å². The molecule has 0 aliphatic carbocycles. The quantitative estimate of drug-likeness (QED) is 0.112. The Morgan fingerprint density at radius 2 is 0.324 bits per heavy atom. The monoisotopic (exact) mass is 1320 g/mol. The molecule has 0 aliphatic rings. The van der Waals surface area contributed by atoms with Crippen LogP contribution in [0.4, 0.5) is 0 Å². The van der Waals surface area contributed by atoms with E-state index in [1.165, 1.54) is 0 Å². The second kappa shape index (κ2) is 25.0. The van der Waals surface area contributed by atoms with Gasteiger partial charge in [0.05, 0.1) is 16.7 Å². The van der Waals surface area contributed by atoms with Crippen molar-refractivity contribution in [2.24, 2.45) is 0 Å². The van der Waals surface area contributed by atoms with Gasteiger partial charge in [-0.05, 0) is 214 Å². The van der Waals surface area contributed by atoms with Gasteiger partial charge in [-0.15, -0.1) is 0 Å². The highest BCUT2D eigenvalue weighted by Crippen LogP contribution is 2.41. The topological polar surface area (TPSA) is 195 Å². The van der Waals surface area contributed by atoms with Crippen LogP contribution in [0.15, 0.2) is 337 Å². The van der Waals surface area contributed by atoms with Crippen molar-refractivity contribution in [3.05, 3.63) is 310 Å². The van der Waals surface area contributed by atoms with Crippen molar-refractivity contribution in [3.8, 4) is 135 Å². The van der Waals surface area contributed by atoms with Crippen molar-refractivity contribution in [2.45, 2.75) is 0 Å². The van der Waals surface area contributed by atoms with Gasteiger partial charge in [-0.25, -0.2) is 29.9 Å². The highest BCUT2D eigenvalue weighted by atomic mass is 16.4. The predicted molar refractivity (Wildman–Crippen MR) is 397 cm³/mol. The van der Waals surface area contributed by atoms with Gasteiger partial charge in [-0.1, -0.05) is 109 Å². The maximum atomic E-state index is 6.14. The minimum absolute atomic E-state index is 0.507. The summed E-state index contributed by atoms with van der Waals surface area (Å²) in [7, 11) is 0. The van der Waals surface area contributed by atoms with Crippen LogP contribution in [0.1, 0.15) is 0 Å². The molecule has 0 N–H and O–H groups in total. The van der Waals surface area contributed by atoms with Crippen LogP contribution in [-0.2, 0) is 0 Å². The lowest BCUT2D eigenvalue weighted by Gasteiger charge is -2.13. The summed E-state index contributed by atoms with van der Waals surface area (Å²) in [5, 5.41) is 0. The van der Waals surface area contributed by atoms with Gasteiger partial charge in [0.25, 0.3) is 0 Å². The molecular formula is C87H51N9O6. The fourth-order valence-electron chi connectivity index (χ4n) is 12.9. The molecule has 0 bridgehead atoms. The number of para-hydroxylation sites is 12. The Bertz CT molecular complexity index is 5350. The molecule has 480 valence electrons. The summed E-state index contributed by atoms with van der Waals surface area (Å²) in [4.78, 5) is 42.2. The molecule has 0 amide bonds. The van der Waals surface area contributed by atoms with E-state index in [-0.39, 0.29) is 0 Å². The first-order valence-electron chi connectivity index (χ1n) is 33.0. The number of rotatable bonds is 12. The molecule has 11 aromatic carbocycles. The minimum atomic E-state index is 0.507. The molecule has 20 aromatic rings. The molecule has 102 heavy (non-hydrogen) atoms. The van der Waals surface area contributed by atoms with Crippen molar-refractivity contribution < 1.29 is 26.5 Å². The number of benzene rings is 11. The third kappa shape index (κ3) is 11.4. The summed E-state index contributed by atoms with van der Waals surface area (Å²) < 4.78 is 36.7. The molecule has 0 spiro atoms. The van der Waals surface area contributed by atoms with Gasteiger partial charge in [0.15, 0.2) is 33.5 Å². The fourth-order valence-corrected chi connectivity index (χ4v) is 12.9. The van der Waals surface area contributed by atoms with Crippen molar-refractivity contribution in [2.75, 3.05) is 0 Å². The van der Waals surface area contributed by atoms with E-state index in [1.807, 2.05) is 219 Å². The second-order valence-corrected chi connectivity index (χ2v) is 24.6. The lowest BCUT2D eigenvalue weighted by Crippen LogP contribution is -1.90. The lowest BCUT2D eigenvalue weighted by molar-refractivity contribution is 0.619. The first-order valence-corrected chi connectivity index (χ1v) is 33.0. The predicted octanol–water partition coefficient (Wildman–Crippen LogP) is 22.4. The van der Waals surface area contributed by atoms with E-state index in [0.29, 0.717) is 35.3 Å². The van der Waals surface area contributed by atoms with E-state index in [4.69, 9.17) is 56.4 Å². The van der Waals surface area contributed by atoms with Crippen LogP contribution >= 0.6 is 0 Å². The van der Waals surface area contributed by atoms with Crippen LogP contribution in [0, 0.1) is 0 Å². The van der Waals surface area contributed by atoms with Crippen LogP contribution in [0.5, 0.6) is 0 Å². The summed E-state index contributed by atoms with van der Waals surface area (Å²) in [6.45, 7) is 0. The smallest absolute Gasteiger partial charge is 0.228 e. The summed E-state index contributed by atoms with van der Waals surface area (Å²) in [5.74, 6) is 3.29. The zero-order valence-electron chi connectivity index (χ0n) is 53.9. The lowest BCUT2D eigenvalue weighted by atomic mass is 9.92. The first kappa shape index (κ1) is 59.0. The van der Waals surface area contributed by atoms with E-state index in [2.05, 4.69) is 87.7 Å². The summed E-state index contributed by atoms with van der Waals surface area (Å²) in [6, 6.07) is 90.9. The molecule has 15 nitrogen and oxygen atoms in total. The summed E-state index contributed by atoms with van der Waals surface area (Å²) >= 11 is 0. The van der Waals surface area contributed by atoms with Gasteiger partial charge in [0, 0.05) is 70.6 Å². The maximum absolute atomic E-state index is 6.14. The van der Waals surface area contributed by atoms with Gasteiger partial charge in [0.1, 0.15) is 33.1 Å². The molecule has 0 radical (unpaired) electrons. The zero-order valence-corrected chi connectivity index (χ0v) is 53.9. The van der Waals surface area contributed by atoms with Gasteiger partial charge in [-0.2, -0.15) is 0 Å². The maximum Gasteiger partial charge on any atom is 0.228 e. The molecule has 15 heteroatoms. The van der Waals surface area contributed by atoms with E-state index in [1.54, 1.807) is 18.6 Å². The number of hydrogen-bond acceptors (Lipinski definition) is 15. The van der Waals surface area contributed by atoms with Crippen LogP contribution in [0.2, 0.25) is 0 Å². The van der Waals surface area contributed by atoms with Gasteiger partial charge in [-0.3, -0.25) is 15.0 Å². The largest absolute Gasteiger partial charge is 0.436 e. The van der Waals surface area contributed by atoms with Crippen molar-refractivity contribution >= 4 is 66.6 Å². The van der Waals surface area contributed by atoms with Crippen LogP contribution < -0.4 is 0 Å². The third-order valence-electron chi connectivity index (χ3n) is 17.9. The van der Waals surface area contributed by atoms with E-state index < -0.39 is 0 Å². The van der Waals surface area contributed by atoms with E-state index in [0.717, 1.165) is 167 Å². The Kier molecular flexibility index (Phi) is 14.4.